The molecule has 0 saturated heterocycles. The highest BCUT2D eigenvalue weighted by molar-refractivity contribution is 6.36. The molecular formula is C20H18Cl2N2O4. The molecule has 0 aromatic heterocycles. The van der Waals surface area contributed by atoms with Crippen molar-refractivity contribution in [3.8, 4) is 0 Å². The predicted octanol–water partition coefficient (Wildman–Crippen LogP) is 3.24. The van der Waals surface area contributed by atoms with E-state index in [2.05, 4.69) is 5.32 Å². The molecule has 0 aliphatic carbocycles. The van der Waals surface area contributed by atoms with Crippen molar-refractivity contribution in [1.29, 1.82) is 0 Å². The van der Waals surface area contributed by atoms with Crippen LogP contribution in [0.3, 0.4) is 0 Å². The standard InChI is InChI=1S/C20H18Cl2N2O4/c1-12-8-13-4-2-3-5-17(13)24(12)18(25)11-28-19(26)10-23-20(27)15-7-6-14(21)9-16(15)22/h2-7,9,12H,8,10-11H2,1H3,(H,23,27). The minimum Gasteiger partial charge on any atom is -0.454 e. The van der Waals surface area contributed by atoms with E-state index in [1.807, 2.05) is 31.2 Å². The molecule has 146 valence electrons. The van der Waals surface area contributed by atoms with Gasteiger partial charge in [-0.15, -0.1) is 0 Å². The lowest BCUT2D eigenvalue weighted by Gasteiger charge is -2.22. The number of halogens is 2. The number of para-hydroxylation sites is 1. The first kappa shape index (κ1) is 20.2. The number of hydrogen-bond donors (Lipinski definition) is 1. The van der Waals surface area contributed by atoms with Gasteiger partial charge in [-0.3, -0.25) is 14.4 Å². The summed E-state index contributed by atoms with van der Waals surface area (Å²) in [6.45, 7) is 1.17. The van der Waals surface area contributed by atoms with Gasteiger partial charge < -0.3 is 15.0 Å². The fourth-order valence-electron chi connectivity index (χ4n) is 3.13. The summed E-state index contributed by atoms with van der Waals surface area (Å²) < 4.78 is 5.02. The van der Waals surface area contributed by atoms with Crippen LogP contribution in [0.15, 0.2) is 42.5 Å². The maximum atomic E-state index is 12.5. The zero-order valence-corrected chi connectivity index (χ0v) is 16.6. The van der Waals surface area contributed by atoms with Gasteiger partial charge in [0.2, 0.25) is 0 Å². The quantitative estimate of drug-likeness (QED) is 0.753. The minimum atomic E-state index is -0.716. The van der Waals surface area contributed by atoms with E-state index >= 15 is 0 Å². The van der Waals surface area contributed by atoms with E-state index in [1.54, 1.807) is 4.90 Å². The maximum absolute atomic E-state index is 12.5. The smallest absolute Gasteiger partial charge is 0.325 e. The third-order valence-corrected chi connectivity index (χ3v) is 4.95. The average molecular weight is 421 g/mol. The van der Waals surface area contributed by atoms with E-state index in [-0.39, 0.29) is 29.1 Å². The number of fused-ring (bicyclic) bond motifs is 1. The van der Waals surface area contributed by atoms with Crippen molar-refractivity contribution in [2.45, 2.75) is 19.4 Å². The number of hydrogen-bond acceptors (Lipinski definition) is 4. The monoisotopic (exact) mass is 420 g/mol. The molecule has 1 aliphatic rings. The molecule has 1 aliphatic heterocycles. The summed E-state index contributed by atoms with van der Waals surface area (Å²) in [4.78, 5) is 38.1. The van der Waals surface area contributed by atoms with Crippen LogP contribution in [0.2, 0.25) is 10.0 Å². The molecule has 0 fully saturated rings. The van der Waals surface area contributed by atoms with Crippen LogP contribution in [0.25, 0.3) is 0 Å². The first-order valence-corrected chi connectivity index (χ1v) is 9.41. The number of carbonyl (C=O) groups excluding carboxylic acids is 3. The SMILES string of the molecule is CC1Cc2ccccc2N1C(=O)COC(=O)CNC(=O)c1ccc(Cl)cc1Cl. The zero-order valence-electron chi connectivity index (χ0n) is 15.1. The minimum absolute atomic E-state index is 0.00430. The molecule has 0 radical (unpaired) electrons. The molecule has 2 amide bonds. The normalized spacial score (nSPS) is 15.1. The largest absolute Gasteiger partial charge is 0.454 e. The Morgan fingerprint density at radius 3 is 2.68 bits per heavy atom. The number of amides is 2. The Hall–Kier alpha value is -2.57. The summed E-state index contributed by atoms with van der Waals surface area (Å²) in [5.74, 6) is -1.56. The number of anilines is 1. The summed E-state index contributed by atoms with van der Waals surface area (Å²) in [5, 5.41) is 2.99. The van der Waals surface area contributed by atoms with Crippen LogP contribution in [0.4, 0.5) is 5.69 Å². The Morgan fingerprint density at radius 2 is 1.93 bits per heavy atom. The van der Waals surface area contributed by atoms with Gasteiger partial charge in [0.15, 0.2) is 6.61 Å². The highest BCUT2D eigenvalue weighted by Gasteiger charge is 2.30. The number of rotatable bonds is 5. The predicted molar refractivity (Wildman–Crippen MR) is 107 cm³/mol. The van der Waals surface area contributed by atoms with Gasteiger partial charge in [-0.25, -0.2) is 0 Å². The van der Waals surface area contributed by atoms with Gasteiger partial charge in [-0.2, -0.15) is 0 Å². The van der Waals surface area contributed by atoms with E-state index in [1.165, 1.54) is 18.2 Å². The molecule has 6 nitrogen and oxygen atoms in total. The Balaban J connectivity index is 1.50. The van der Waals surface area contributed by atoms with Crippen molar-refractivity contribution in [3.05, 3.63) is 63.6 Å². The molecule has 0 spiro atoms. The number of carbonyl (C=O) groups is 3. The first-order chi connectivity index (χ1) is 13.4. The highest BCUT2D eigenvalue weighted by Crippen LogP contribution is 2.31. The molecule has 2 aromatic carbocycles. The van der Waals surface area contributed by atoms with Crippen LogP contribution in [-0.4, -0.2) is 37.0 Å². The van der Waals surface area contributed by atoms with Crippen molar-refractivity contribution in [2.24, 2.45) is 0 Å². The molecule has 28 heavy (non-hydrogen) atoms. The summed E-state index contributed by atoms with van der Waals surface area (Å²) in [6.07, 6.45) is 0.758. The van der Waals surface area contributed by atoms with Gasteiger partial charge in [0.05, 0.1) is 10.6 Å². The number of nitrogens with one attached hydrogen (secondary N) is 1. The first-order valence-electron chi connectivity index (χ1n) is 8.65. The van der Waals surface area contributed by atoms with Gasteiger partial charge in [0, 0.05) is 16.8 Å². The topological polar surface area (TPSA) is 75.7 Å². The van der Waals surface area contributed by atoms with Gasteiger partial charge in [-0.05, 0) is 43.2 Å². The maximum Gasteiger partial charge on any atom is 0.325 e. The van der Waals surface area contributed by atoms with Crippen molar-refractivity contribution >= 4 is 46.7 Å². The van der Waals surface area contributed by atoms with Crippen LogP contribution in [-0.2, 0) is 20.7 Å². The second-order valence-corrected chi connectivity index (χ2v) is 7.26. The number of benzene rings is 2. The number of nitrogens with zero attached hydrogens (tertiary/aromatic N) is 1. The van der Waals surface area contributed by atoms with Gasteiger partial charge in [0.25, 0.3) is 11.8 Å². The third kappa shape index (κ3) is 4.46. The molecule has 0 saturated carbocycles. The Morgan fingerprint density at radius 1 is 1.18 bits per heavy atom. The van der Waals surface area contributed by atoms with E-state index in [0.29, 0.717) is 5.02 Å². The molecule has 3 rings (SSSR count). The van der Waals surface area contributed by atoms with Crippen LogP contribution >= 0.6 is 23.2 Å². The molecule has 0 bridgehead atoms. The van der Waals surface area contributed by atoms with E-state index in [0.717, 1.165) is 17.7 Å². The van der Waals surface area contributed by atoms with Crippen molar-refractivity contribution < 1.29 is 19.1 Å². The molecule has 1 heterocycles. The molecule has 2 aromatic rings. The van der Waals surface area contributed by atoms with Gasteiger partial charge in [0.1, 0.15) is 6.54 Å². The molecule has 1 N–H and O–H groups in total. The van der Waals surface area contributed by atoms with Crippen LogP contribution < -0.4 is 10.2 Å². The molecule has 8 heteroatoms. The number of ether oxygens (including phenoxy) is 1. The van der Waals surface area contributed by atoms with Crippen LogP contribution in [0, 0.1) is 0 Å². The summed E-state index contributed by atoms with van der Waals surface area (Å²) in [6, 6.07) is 12.0. The van der Waals surface area contributed by atoms with Crippen molar-refractivity contribution in [1.82, 2.24) is 5.32 Å². The summed E-state index contributed by atoms with van der Waals surface area (Å²) in [7, 11) is 0. The molecule has 1 atom stereocenters. The zero-order chi connectivity index (χ0) is 20.3. The number of esters is 1. The van der Waals surface area contributed by atoms with E-state index < -0.39 is 18.5 Å². The summed E-state index contributed by atoms with van der Waals surface area (Å²) >= 11 is 11.7. The Kier molecular flexibility index (Phi) is 6.21. The lowest BCUT2D eigenvalue weighted by molar-refractivity contribution is -0.146. The molecular weight excluding hydrogens is 403 g/mol. The average Bonchev–Trinajstić information content (AvgIpc) is 3.00. The highest BCUT2D eigenvalue weighted by atomic mass is 35.5. The summed E-state index contributed by atoms with van der Waals surface area (Å²) in [5.41, 5.74) is 2.11. The van der Waals surface area contributed by atoms with Crippen LogP contribution in [0.5, 0.6) is 0 Å². The van der Waals surface area contributed by atoms with Gasteiger partial charge in [-0.1, -0.05) is 41.4 Å². The van der Waals surface area contributed by atoms with Crippen LogP contribution in [0.1, 0.15) is 22.8 Å². The Bertz CT molecular complexity index is 932. The van der Waals surface area contributed by atoms with Gasteiger partial charge >= 0.3 is 5.97 Å². The third-order valence-electron chi connectivity index (χ3n) is 4.40. The lowest BCUT2D eigenvalue weighted by atomic mass is 10.1. The van der Waals surface area contributed by atoms with Crippen molar-refractivity contribution in [3.63, 3.8) is 0 Å². The molecule has 1 unspecified atom stereocenters. The van der Waals surface area contributed by atoms with Crippen molar-refractivity contribution in [2.75, 3.05) is 18.1 Å². The van der Waals surface area contributed by atoms with E-state index in [4.69, 9.17) is 27.9 Å². The lowest BCUT2D eigenvalue weighted by Crippen LogP contribution is -2.39. The fraction of sp³-hybridized carbons (Fsp3) is 0.250. The van der Waals surface area contributed by atoms with E-state index in [9.17, 15) is 14.4 Å². The Labute approximate surface area is 172 Å². The fourth-order valence-corrected chi connectivity index (χ4v) is 3.62. The second-order valence-electron chi connectivity index (χ2n) is 6.41. The second kappa shape index (κ2) is 8.63.